The predicted octanol–water partition coefficient (Wildman–Crippen LogP) is 3.60. The van der Waals surface area contributed by atoms with Gasteiger partial charge in [0.05, 0.1) is 0 Å². The van der Waals surface area contributed by atoms with E-state index in [2.05, 4.69) is 5.32 Å². The Kier molecular flexibility index (Phi) is 6.22. The summed E-state index contributed by atoms with van der Waals surface area (Å²) in [7, 11) is 0. The molecule has 7 heteroatoms. The second kappa shape index (κ2) is 8.58. The van der Waals surface area contributed by atoms with Gasteiger partial charge in [0.25, 0.3) is 0 Å². The van der Waals surface area contributed by atoms with Crippen LogP contribution in [0, 0.1) is 11.6 Å². The van der Waals surface area contributed by atoms with E-state index in [0.29, 0.717) is 0 Å². The van der Waals surface area contributed by atoms with Gasteiger partial charge < -0.3 is 15.2 Å². The Morgan fingerprint density at radius 1 is 1.12 bits per heavy atom. The first-order valence-electron chi connectivity index (χ1n) is 7.31. The van der Waals surface area contributed by atoms with E-state index in [1.165, 1.54) is 12.2 Å². The Balaban J connectivity index is 1.86. The molecule has 0 saturated heterocycles. The molecule has 130 valence electrons. The van der Waals surface area contributed by atoms with Gasteiger partial charge in [0, 0.05) is 12.1 Å². The Labute approximate surface area is 142 Å². The zero-order valence-corrected chi connectivity index (χ0v) is 13.0. The lowest BCUT2D eigenvalue weighted by Crippen LogP contribution is -2.24. The number of hydrogen-bond donors (Lipinski definition) is 2. The number of carboxylic acids is 1. The predicted molar refractivity (Wildman–Crippen MR) is 87.0 cm³/mol. The summed E-state index contributed by atoms with van der Waals surface area (Å²) in [5, 5.41) is 11.2. The topological polar surface area (TPSA) is 75.6 Å². The van der Waals surface area contributed by atoms with Crippen molar-refractivity contribution in [1.82, 2.24) is 5.32 Å². The Morgan fingerprint density at radius 3 is 2.52 bits per heavy atom. The maximum Gasteiger partial charge on any atom is 0.407 e. The molecular weight excluding hydrogens is 332 g/mol. The number of amides is 1. The fourth-order valence-corrected chi connectivity index (χ4v) is 2.00. The molecule has 25 heavy (non-hydrogen) atoms. The molecule has 0 unspecified atom stereocenters. The zero-order chi connectivity index (χ0) is 18.2. The fraction of sp³-hybridized carbons (Fsp3) is 0.111. The van der Waals surface area contributed by atoms with Gasteiger partial charge in [-0.1, -0.05) is 42.5 Å². The van der Waals surface area contributed by atoms with Crippen molar-refractivity contribution >= 4 is 18.1 Å². The van der Waals surface area contributed by atoms with E-state index in [1.54, 1.807) is 0 Å². The van der Waals surface area contributed by atoms with Gasteiger partial charge in [-0.3, -0.25) is 0 Å². The van der Waals surface area contributed by atoms with Gasteiger partial charge in [0.2, 0.25) is 0 Å². The summed E-state index contributed by atoms with van der Waals surface area (Å²) in [6.45, 7) is 0.151. The SMILES string of the molecule is O=C(NCC=Cc1ccc(F)c(C(=O)O)c1F)OCc1ccccc1. The Morgan fingerprint density at radius 2 is 1.84 bits per heavy atom. The normalized spacial score (nSPS) is 10.6. The smallest absolute Gasteiger partial charge is 0.407 e. The molecule has 0 saturated carbocycles. The molecule has 5 nitrogen and oxygen atoms in total. The zero-order valence-electron chi connectivity index (χ0n) is 13.0. The summed E-state index contributed by atoms with van der Waals surface area (Å²) in [5.41, 5.74) is -0.279. The van der Waals surface area contributed by atoms with Crippen molar-refractivity contribution in [3.63, 3.8) is 0 Å². The quantitative estimate of drug-likeness (QED) is 0.837. The van der Waals surface area contributed by atoms with Crippen molar-refractivity contribution in [1.29, 1.82) is 0 Å². The molecule has 2 rings (SSSR count). The second-order valence-electron chi connectivity index (χ2n) is 4.98. The van der Waals surface area contributed by atoms with Crippen molar-refractivity contribution in [3.05, 3.63) is 76.9 Å². The Bertz CT molecular complexity index is 791. The number of benzene rings is 2. The number of ether oxygens (including phenoxy) is 1. The van der Waals surface area contributed by atoms with Crippen LogP contribution in [-0.4, -0.2) is 23.7 Å². The number of carboxylic acid groups (broad SMARTS) is 1. The minimum Gasteiger partial charge on any atom is -0.477 e. The third-order valence-corrected chi connectivity index (χ3v) is 3.21. The molecule has 0 aromatic heterocycles. The summed E-state index contributed by atoms with van der Waals surface area (Å²) in [4.78, 5) is 22.3. The molecule has 0 heterocycles. The summed E-state index contributed by atoms with van der Waals surface area (Å²) in [5.74, 6) is -4.01. The lowest BCUT2D eigenvalue weighted by molar-refractivity contribution is 0.0686. The van der Waals surface area contributed by atoms with Crippen LogP contribution < -0.4 is 5.32 Å². The van der Waals surface area contributed by atoms with Crippen molar-refractivity contribution in [2.24, 2.45) is 0 Å². The maximum atomic E-state index is 13.9. The molecule has 0 fully saturated rings. The lowest BCUT2D eigenvalue weighted by Gasteiger charge is -2.05. The number of aromatic carboxylic acids is 1. The monoisotopic (exact) mass is 347 g/mol. The van der Waals surface area contributed by atoms with Gasteiger partial charge in [-0.2, -0.15) is 0 Å². The first-order valence-corrected chi connectivity index (χ1v) is 7.31. The number of halogens is 2. The average Bonchev–Trinajstić information content (AvgIpc) is 2.59. The molecule has 2 N–H and O–H groups in total. The first kappa shape index (κ1) is 18.1. The summed E-state index contributed by atoms with van der Waals surface area (Å²) >= 11 is 0. The van der Waals surface area contributed by atoms with Gasteiger partial charge >= 0.3 is 12.1 Å². The van der Waals surface area contributed by atoms with E-state index in [4.69, 9.17) is 9.84 Å². The third kappa shape index (κ3) is 5.13. The van der Waals surface area contributed by atoms with Crippen LogP contribution in [0.15, 0.2) is 48.5 Å². The van der Waals surface area contributed by atoms with Crippen LogP contribution in [0.25, 0.3) is 6.08 Å². The number of hydrogen-bond acceptors (Lipinski definition) is 3. The second-order valence-corrected chi connectivity index (χ2v) is 4.98. The van der Waals surface area contributed by atoms with E-state index in [0.717, 1.165) is 17.7 Å². The molecule has 0 atom stereocenters. The van der Waals surface area contributed by atoms with E-state index in [1.807, 2.05) is 30.3 Å². The third-order valence-electron chi connectivity index (χ3n) is 3.21. The standard InChI is InChI=1S/C18H15F2NO4/c19-14-9-8-13(16(20)15(14)17(22)23)7-4-10-21-18(24)25-11-12-5-2-1-3-6-12/h1-9H,10-11H2,(H,21,24)(H,22,23). The highest BCUT2D eigenvalue weighted by molar-refractivity contribution is 5.89. The van der Waals surface area contributed by atoms with E-state index in [9.17, 15) is 18.4 Å². The minimum absolute atomic E-state index is 0.0346. The number of nitrogens with one attached hydrogen (secondary N) is 1. The van der Waals surface area contributed by atoms with Crippen LogP contribution in [0.4, 0.5) is 13.6 Å². The Hall–Kier alpha value is -3.22. The van der Waals surface area contributed by atoms with Gasteiger partial charge in [-0.15, -0.1) is 0 Å². The molecule has 1 amide bonds. The van der Waals surface area contributed by atoms with Crippen LogP contribution in [-0.2, 0) is 11.3 Å². The summed E-state index contributed by atoms with van der Waals surface area (Å²) in [6, 6.07) is 11.1. The number of rotatable bonds is 6. The van der Waals surface area contributed by atoms with Gasteiger partial charge in [0.1, 0.15) is 23.8 Å². The van der Waals surface area contributed by atoms with Crippen LogP contribution >= 0.6 is 0 Å². The molecule has 0 bridgehead atoms. The number of alkyl carbamates (subject to hydrolysis) is 1. The highest BCUT2D eigenvalue weighted by atomic mass is 19.1. The minimum atomic E-state index is -1.69. The molecule has 0 aliphatic rings. The average molecular weight is 347 g/mol. The van der Waals surface area contributed by atoms with Gasteiger partial charge in [-0.25, -0.2) is 18.4 Å². The van der Waals surface area contributed by atoms with Crippen LogP contribution in [0.1, 0.15) is 21.5 Å². The maximum absolute atomic E-state index is 13.9. The molecule has 0 radical (unpaired) electrons. The van der Waals surface area contributed by atoms with Crippen LogP contribution in [0.3, 0.4) is 0 Å². The molecular formula is C18H15F2NO4. The van der Waals surface area contributed by atoms with Gasteiger partial charge in [-0.05, 0) is 17.7 Å². The van der Waals surface area contributed by atoms with E-state index >= 15 is 0 Å². The fourth-order valence-electron chi connectivity index (χ4n) is 2.00. The van der Waals surface area contributed by atoms with Crippen molar-refractivity contribution in [2.45, 2.75) is 6.61 Å². The highest BCUT2D eigenvalue weighted by Crippen LogP contribution is 2.18. The number of carbonyl (C=O) groups is 2. The largest absolute Gasteiger partial charge is 0.477 e. The van der Waals surface area contributed by atoms with Gasteiger partial charge in [0.15, 0.2) is 0 Å². The molecule has 0 spiro atoms. The van der Waals surface area contributed by atoms with Crippen molar-refractivity contribution in [2.75, 3.05) is 6.54 Å². The molecule has 2 aromatic carbocycles. The van der Waals surface area contributed by atoms with Crippen molar-refractivity contribution < 1.29 is 28.2 Å². The molecule has 0 aliphatic heterocycles. The first-order chi connectivity index (χ1) is 12.0. The summed E-state index contributed by atoms with van der Waals surface area (Å²) in [6.07, 6.45) is 1.99. The lowest BCUT2D eigenvalue weighted by atomic mass is 10.1. The van der Waals surface area contributed by atoms with Crippen molar-refractivity contribution in [3.8, 4) is 0 Å². The van der Waals surface area contributed by atoms with E-state index < -0.39 is 29.3 Å². The van der Waals surface area contributed by atoms with E-state index in [-0.39, 0.29) is 18.7 Å². The van der Waals surface area contributed by atoms with Crippen LogP contribution in [0.2, 0.25) is 0 Å². The molecule has 2 aromatic rings. The highest BCUT2D eigenvalue weighted by Gasteiger charge is 2.18. The molecule has 0 aliphatic carbocycles. The summed E-state index contributed by atoms with van der Waals surface area (Å²) < 4.78 is 32.2. The number of carbonyl (C=O) groups excluding carboxylic acids is 1. The van der Waals surface area contributed by atoms with Crippen LogP contribution in [0.5, 0.6) is 0 Å².